The molecule has 2 N–H and O–H groups in total. The predicted molar refractivity (Wildman–Crippen MR) is 74.8 cm³/mol. The molecule has 98 valence electrons. The first-order chi connectivity index (χ1) is 8.99. The standard InChI is InChI=1S/C15H15NO3/c1-16(2)12-6-3-10(4-7-12)13-8-5-11(15(18)19)9-14(13)17/h3-9,17H,1-2H3,(H,18,19). The first-order valence-electron chi connectivity index (χ1n) is 5.83. The Hall–Kier alpha value is -2.49. The number of hydrogen-bond donors (Lipinski definition) is 2. The predicted octanol–water partition coefficient (Wildman–Crippen LogP) is 2.82. The molecule has 0 radical (unpaired) electrons. The summed E-state index contributed by atoms with van der Waals surface area (Å²) in [6.07, 6.45) is 0. The number of nitrogens with zero attached hydrogens (tertiary/aromatic N) is 1. The summed E-state index contributed by atoms with van der Waals surface area (Å²) in [7, 11) is 3.91. The van der Waals surface area contributed by atoms with Crippen molar-refractivity contribution in [1.82, 2.24) is 0 Å². The Kier molecular flexibility index (Phi) is 3.42. The molecule has 4 heteroatoms. The number of benzene rings is 2. The van der Waals surface area contributed by atoms with Crippen LogP contribution in [0.4, 0.5) is 5.69 Å². The van der Waals surface area contributed by atoms with Gasteiger partial charge >= 0.3 is 5.97 Å². The maximum absolute atomic E-state index is 10.8. The van der Waals surface area contributed by atoms with Gasteiger partial charge < -0.3 is 15.1 Å². The van der Waals surface area contributed by atoms with Gasteiger partial charge in [-0.15, -0.1) is 0 Å². The first-order valence-corrected chi connectivity index (χ1v) is 5.83. The third-order valence-corrected chi connectivity index (χ3v) is 2.94. The summed E-state index contributed by atoms with van der Waals surface area (Å²) in [5.41, 5.74) is 2.60. The van der Waals surface area contributed by atoms with Crippen molar-refractivity contribution < 1.29 is 15.0 Å². The Morgan fingerprint density at radius 3 is 2.16 bits per heavy atom. The van der Waals surface area contributed by atoms with Gasteiger partial charge in [-0.1, -0.05) is 12.1 Å². The molecule has 2 rings (SSSR count). The van der Waals surface area contributed by atoms with Crippen LogP contribution >= 0.6 is 0 Å². The molecule has 2 aromatic rings. The molecule has 0 amide bonds. The molecule has 0 aliphatic rings. The molecule has 0 aliphatic carbocycles. The minimum atomic E-state index is -1.05. The highest BCUT2D eigenvalue weighted by Gasteiger charge is 2.09. The van der Waals surface area contributed by atoms with Crippen LogP contribution in [0.5, 0.6) is 5.75 Å². The molecule has 0 heterocycles. The Labute approximate surface area is 111 Å². The zero-order chi connectivity index (χ0) is 14.0. The average Bonchev–Trinajstić information content (AvgIpc) is 2.38. The zero-order valence-electron chi connectivity index (χ0n) is 10.8. The van der Waals surface area contributed by atoms with E-state index in [1.54, 1.807) is 6.07 Å². The largest absolute Gasteiger partial charge is 0.507 e. The van der Waals surface area contributed by atoms with Crippen molar-refractivity contribution in [3.05, 3.63) is 48.0 Å². The number of hydrogen-bond acceptors (Lipinski definition) is 3. The van der Waals surface area contributed by atoms with Crippen molar-refractivity contribution in [3.8, 4) is 16.9 Å². The van der Waals surface area contributed by atoms with Gasteiger partial charge in [0.15, 0.2) is 0 Å². The van der Waals surface area contributed by atoms with Crippen LogP contribution in [-0.4, -0.2) is 30.3 Å². The van der Waals surface area contributed by atoms with E-state index >= 15 is 0 Å². The van der Waals surface area contributed by atoms with Crippen LogP contribution < -0.4 is 4.90 Å². The molecule has 2 aromatic carbocycles. The van der Waals surface area contributed by atoms with E-state index in [9.17, 15) is 9.90 Å². The van der Waals surface area contributed by atoms with E-state index in [2.05, 4.69) is 0 Å². The Morgan fingerprint density at radius 2 is 1.68 bits per heavy atom. The van der Waals surface area contributed by atoms with Crippen LogP contribution in [0, 0.1) is 0 Å². The fraction of sp³-hybridized carbons (Fsp3) is 0.133. The van der Waals surface area contributed by atoms with Crippen LogP contribution in [0.1, 0.15) is 10.4 Å². The highest BCUT2D eigenvalue weighted by Crippen LogP contribution is 2.31. The molecule has 0 fully saturated rings. The number of phenols is 1. The summed E-state index contributed by atoms with van der Waals surface area (Å²) in [5, 5.41) is 18.7. The Morgan fingerprint density at radius 1 is 1.05 bits per heavy atom. The molecule has 0 saturated carbocycles. The van der Waals surface area contributed by atoms with Crippen molar-refractivity contribution in [2.75, 3.05) is 19.0 Å². The number of aromatic carboxylic acids is 1. The normalized spacial score (nSPS) is 10.2. The number of anilines is 1. The summed E-state index contributed by atoms with van der Waals surface area (Å²) in [4.78, 5) is 12.8. The van der Waals surface area contributed by atoms with Gasteiger partial charge in [0.05, 0.1) is 5.56 Å². The summed E-state index contributed by atoms with van der Waals surface area (Å²) in [5.74, 6) is -1.08. The lowest BCUT2D eigenvalue weighted by atomic mass is 10.0. The molecule has 0 bridgehead atoms. The average molecular weight is 257 g/mol. The Bertz CT molecular complexity index is 603. The smallest absolute Gasteiger partial charge is 0.335 e. The van der Waals surface area contributed by atoms with Crippen LogP contribution in [0.3, 0.4) is 0 Å². The molecule has 0 atom stereocenters. The van der Waals surface area contributed by atoms with Crippen LogP contribution in [0.25, 0.3) is 11.1 Å². The van der Waals surface area contributed by atoms with Gasteiger partial charge in [-0.3, -0.25) is 0 Å². The van der Waals surface area contributed by atoms with E-state index in [1.807, 2.05) is 43.3 Å². The van der Waals surface area contributed by atoms with Crippen LogP contribution in [-0.2, 0) is 0 Å². The minimum absolute atomic E-state index is 0.0301. The van der Waals surface area contributed by atoms with E-state index < -0.39 is 5.97 Å². The summed E-state index contributed by atoms with van der Waals surface area (Å²) >= 11 is 0. The SMILES string of the molecule is CN(C)c1ccc(-c2ccc(C(=O)O)cc2O)cc1. The topological polar surface area (TPSA) is 60.8 Å². The number of carbonyl (C=O) groups is 1. The Balaban J connectivity index is 2.39. The van der Waals surface area contributed by atoms with E-state index in [0.717, 1.165) is 11.3 Å². The van der Waals surface area contributed by atoms with Gasteiger partial charge in [-0.25, -0.2) is 4.79 Å². The van der Waals surface area contributed by atoms with Gasteiger partial charge in [0.1, 0.15) is 5.75 Å². The lowest BCUT2D eigenvalue weighted by Crippen LogP contribution is -2.07. The molecule has 0 aliphatic heterocycles. The molecule has 4 nitrogen and oxygen atoms in total. The van der Waals surface area contributed by atoms with E-state index in [0.29, 0.717) is 5.56 Å². The molecule has 0 saturated heterocycles. The van der Waals surface area contributed by atoms with Gasteiger partial charge in [-0.05, 0) is 35.9 Å². The monoisotopic (exact) mass is 257 g/mol. The van der Waals surface area contributed by atoms with Gasteiger partial charge in [0.25, 0.3) is 0 Å². The molecular formula is C15H15NO3. The minimum Gasteiger partial charge on any atom is -0.507 e. The highest BCUT2D eigenvalue weighted by atomic mass is 16.4. The summed E-state index contributed by atoms with van der Waals surface area (Å²) in [6.45, 7) is 0. The molecule has 0 unspecified atom stereocenters. The lowest BCUT2D eigenvalue weighted by molar-refractivity contribution is 0.0696. The van der Waals surface area contributed by atoms with Crippen LogP contribution in [0.2, 0.25) is 0 Å². The maximum atomic E-state index is 10.8. The van der Waals surface area contributed by atoms with Gasteiger partial charge in [0, 0.05) is 25.3 Å². The quantitative estimate of drug-likeness (QED) is 0.887. The fourth-order valence-corrected chi connectivity index (χ4v) is 1.85. The number of carboxylic acid groups (broad SMARTS) is 1. The third-order valence-electron chi connectivity index (χ3n) is 2.94. The van der Waals surface area contributed by atoms with Crippen molar-refractivity contribution in [2.24, 2.45) is 0 Å². The molecule has 0 aromatic heterocycles. The van der Waals surface area contributed by atoms with Crippen molar-refractivity contribution in [2.45, 2.75) is 0 Å². The molecular weight excluding hydrogens is 242 g/mol. The second-order valence-corrected chi connectivity index (χ2v) is 4.48. The second-order valence-electron chi connectivity index (χ2n) is 4.48. The number of rotatable bonds is 3. The number of phenolic OH excluding ortho intramolecular Hbond substituents is 1. The van der Waals surface area contributed by atoms with E-state index in [-0.39, 0.29) is 11.3 Å². The summed E-state index contributed by atoms with van der Waals surface area (Å²) < 4.78 is 0. The lowest BCUT2D eigenvalue weighted by Gasteiger charge is -2.13. The zero-order valence-corrected chi connectivity index (χ0v) is 10.8. The van der Waals surface area contributed by atoms with E-state index in [4.69, 9.17) is 5.11 Å². The third kappa shape index (κ3) is 2.68. The van der Waals surface area contributed by atoms with Gasteiger partial charge in [0.2, 0.25) is 0 Å². The van der Waals surface area contributed by atoms with Crippen molar-refractivity contribution in [3.63, 3.8) is 0 Å². The second kappa shape index (κ2) is 5.02. The van der Waals surface area contributed by atoms with Crippen LogP contribution in [0.15, 0.2) is 42.5 Å². The molecule has 19 heavy (non-hydrogen) atoms. The fourth-order valence-electron chi connectivity index (χ4n) is 1.85. The number of aromatic hydroxyl groups is 1. The van der Waals surface area contributed by atoms with Gasteiger partial charge in [-0.2, -0.15) is 0 Å². The first kappa shape index (κ1) is 13.0. The highest BCUT2D eigenvalue weighted by molar-refractivity contribution is 5.89. The van der Waals surface area contributed by atoms with E-state index in [1.165, 1.54) is 12.1 Å². The summed E-state index contributed by atoms with van der Waals surface area (Å²) in [6, 6.07) is 12.0. The maximum Gasteiger partial charge on any atom is 0.335 e. The molecule has 0 spiro atoms. The number of carboxylic acids is 1. The van der Waals surface area contributed by atoms with Crippen molar-refractivity contribution >= 4 is 11.7 Å². The van der Waals surface area contributed by atoms with Crippen molar-refractivity contribution in [1.29, 1.82) is 0 Å².